The molecule has 0 radical (unpaired) electrons. The molecule has 0 heterocycles. The minimum absolute atomic E-state index is 0.337. The SMILES string of the molecule is CCCCN(C)CC(=O)CC. The maximum absolute atomic E-state index is 10.9. The Labute approximate surface area is 69.6 Å². The molecule has 0 aliphatic rings. The zero-order valence-electron chi connectivity index (χ0n) is 7.89. The van der Waals surface area contributed by atoms with Gasteiger partial charge in [0.25, 0.3) is 0 Å². The molecule has 2 heteroatoms. The Bertz CT molecular complexity index is 112. The number of carbonyl (C=O) groups is 1. The number of unbranched alkanes of at least 4 members (excludes halogenated alkanes) is 1. The van der Waals surface area contributed by atoms with Gasteiger partial charge in [0.1, 0.15) is 5.78 Å². The fraction of sp³-hybridized carbons (Fsp3) is 0.889. The van der Waals surface area contributed by atoms with Crippen LogP contribution in [0.5, 0.6) is 0 Å². The van der Waals surface area contributed by atoms with Crippen molar-refractivity contribution in [2.24, 2.45) is 0 Å². The summed E-state index contributed by atoms with van der Waals surface area (Å²) < 4.78 is 0. The molecular weight excluding hydrogens is 138 g/mol. The topological polar surface area (TPSA) is 20.3 Å². The number of hydrogen-bond donors (Lipinski definition) is 0. The lowest BCUT2D eigenvalue weighted by atomic mass is 10.2. The van der Waals surface area contributed by atoms with Crippen LogP contribution >= 0.6 is 0 Å². The lowest BCUT2D eigenvalue weighted by Crippen LogP contribution is -2.26. The van der Waals surface area contributed by atoms with E-state index in [2.05, 4.69) is 11.8 Å². The third-order valence-electron chi connectivity index (χ3n) is 1.73. The minimum atomic E-state index is 0.337. The second kappa shape index (κ2) is 6.35. The van der Waals surface area contributed by atoms with Gasteiger partial charge in [-0.05, 0) is 20.0 Å². The molecule has 0 aromatic rings. The molecule has 0 saturated carbocycles. The van der Waals surface area contributed by atoms with Crippen LogP contribution in [-0.4, -0.2) is 30.8 Å². The predicted octanol–water partition coefficient (Wildman–Crippen LogP) is 1.70. The van der Waals surface area contributed by atoms with Crippen molar-refractivity contribution in [2.75, 3.05) is 20.1 Å². The average Bonchev–Trinajstić information content (AvgIpc) is 2.00. The molecule has 11 heavy (non-hydrogen) atoms. The van der Waals surface area contributed by atoms with Crippen LogP contribution in [0.15, 0.2) is 0 Å². The summed E-state index contributed by atoms with van der Waals surface area (Å²) in [5.74, 6) is 0.337. The second-order valence-corrected chi connectivity index (χ2v) is 2.98. The summed E-state index contributed by atoms with van der Waals surface area (Å²) >= 11 is 0. The molecule has 0 spiro atoms. The number of likely N-dealkylation sites (N-methyl/N-ethyl adjacent to an activating group) is 1. The molecule has 0 fully saturated rings. The molecule has 0 saturated heterocycles. The van der Waals surface area contributed by atoms with E-state index in [-0.39, 0.29) is 0 Å². The Morgan fingerprint density at radius 2 is 2.00 bits per heavy atom. The molecule has 0 unspecified atom stereocenters. The summed E-state index contributed by atoms with van der Waals surface area (Å²) in [7, 11) is 2.00. The molecule has 0 amide bonds. The van der Waals surface area contributed by atoms with Crippen LogP contribution < -0.4 is 0 Å². The van der Waals surface area contributed by atoms with Crippen molar-refractivity contribution < 1.29 is 4.79 Å². The number of nitrogens with zero attached hydrogens (tertiary/aromatic N) is 1. The Balaban J connectivity index is 3.35. The van der Waals surface area contributed by atoms with Crippen molar-refractivity contribution in [1.29, 1.82) is 0 Å². The molecule has 0 rings (SSSR count). The van der Waals surface area contributed by atoms with Crippen molar-refractivity contribution in [3.05, 3.63) is 0 Å². The molecule has 0 atom stereocenters. The summed E-state index contributed by atoms with van der Waals surface area (Å²) in [6.45, 7) is 5.74. The molecule has 0 bridgehead atoms. The molecule has 0 N–H and O–H groups in total. The zero-order chi connectivity index (χ0) is 8.69. The first-order valence-electron chi connectivity index (χ1n) is 4.41. The van der Waals surface area contributed by atoms with Gasteiger partial charge in [-0.2, -0.15) is 0 Å². The normalized spacial score (nSPS) is 10.5. The highest BCUT2D eigenvalue weighted by molar-refractivity contribution is 5.80. The quantitative estimate of drug-likeness (QED) is 0.585. The smallest absolute Gasteiger partial charge is 0.146 e. The Morgan fingerprint density at radius 3 is 2.45 bits per heavy atom. The fourth-order valence-electron chi connectivity index (χ4n) is 0.920. The van der Waals surface area contributed by atoms with E-state index in [0.717, 1.165) is 6.54 Å². The number of carbonyl (C=O) groups excluding carboxylic acids is 1. The summed E-state index contributed by atoms with van der Waals surface area (Å²) in [4.78, 5) is 13.0. The molecule has 0 aliphatic carbocycles. The van der Waals surface area contributed by atoms with Crippen molar-refractivity contribution in [3.8, 4) is 0 Å². The number of rotatable bonds is 6. The van der Waals surface area contributed by atoms with E-state index in [1.807, 2.05) is 14.0 Å². The monoisotopic (exact) mass is 157 g/mol. The van der Waals surface area contributed by atoms with Crippen molar-refractivity contribution in [3.63, 3.8) is 0 Å². The maximum Gasteiger partial charge on any atom is 0.146 e. The van der Waals surface area contributed by atoms with Gasteiger partial charge < -0.3 is 0 Å². The maximum atomic E-state index is 10.9. The van der Waals surface area contributed by atoms with Gasteiger partial charge in [0, 0.05) is 6.42 Å². The molecule has 0 aromatic carbocycles. The van der Waals surface area contributed by atoms with Crippen molar-refractivity contribution in [1.82, 2.24) is 4.90 Å². The Kier molecular flexibility index (Phi) is 6.13. The fourth-order valence-corrected chi connectivity index (χ4v) is 0.920. The van der Waals surface area contributed by atoms with Crippen LogP contribution in [0, 0.1) is 0 Å². The van der Waals surface area contributed by atoms with Gasteiger partial charge in [-0.15, -0.1) is 0 Å². The standard InChI is InChI=1S/C9H19NO/c1-4-6-7-10(3)8-9(11)5-2/h4-8H2,1-3H3. The number of hydrogen-bond acceptors (Lipinski definition) is 2. The van der Waals surface area contributed by atoms with E-state index < -0.39 is 0 Å². The van der Waals surface area contributed by atoms with Gasteiger partial charge >= 0.3 is 0 Å². The largest absolute Gasteiger partial charge is 0.299 e. The Morgan fingerprint density at radius 1 is 1.36 bits per heavy atom. The van der Waals surface area contributed by atoms with Crippen LogP contribution in [0.3, 0.4) is 0 Å². The number of Topliss-reactive ketones (excluding diaryl/α,β-unsaturated/α-hetero) is 1. The first kappa shape index (κ1) is 10.6. The molecule has 0 aromatic heterocycles. The second-order valence-electron chi connectivity index (χ2n) is 2.98. The van der Waals surface area contributed by atoms with Gasteiger partial charge in [-0.25, -0.2) is 0 Å². The average molecular weight is 157 g/mol. The van der Waals surface area contributed by atoms with Crippen LogP contribution in [0.25, 0.3) is 0 Å². The van der Waals surface area contributed by atoms with Gasteiger partial charge in [0.05, 0.1) is 6.54 Å². The van der Waals surface area contributed by atoms with Crippen LogP contribution in [0.1, 0.15) is 33.1 Å². The molecule has 0 aliphatic heterocycles. The molecular formula is C9H19NO. The van der Waals surface area contributed by atoms with Crippen LogP contribution in [-0.2, 0) is 4.79 Å². The predicted molar refractivity (Wildman–Crippen MR) is 47.7 cm³/mol. The van der Waals surface area contributed by atoms with E-state index in [0.29, 0.717) is 18.7 Å². The van der Waals surface area contributed by atoms with E-state index in [1.165, 1.54) is 12.8 Å². The summed E-state index contributed by atoms with van der Waals surface area (Å²) in [6.07, 6.45) is 3.05. The summed E-state index contributed by atoms with van der Waals surface area (Å²) in [6, 6.07) is 0. The highest BCUT2D eigenvalue weighted by Crippen LogP contribution is 1.92. The van der Waals surface area contributed by atoms with Gasteiger partial charge in [0.15, 0.2) is 0 Å². The minimum Gasteiger partial charge on any atom is -0.299 e. The van der Waals surface area contributed by atoms with Gasteiger partial charge in [0.2, 0.25) is 0 Å². The van der Waals surface area contributed by atoms with E-state index in [1.54, 1.807) is 0 Å². The molecule has 66 valence electrons. The van der Waals surface area contributed by atoms with E-state index >= 15 is 0 Å². The summed E-state index contributed by atoms with van der Waals surface area (Å²) in [5, 5.41) is 0. The van der Waals surface area contributed by atoms with Gasteiger partial charge in [-0.3, -0.25) is 9.69 Å². The van der Waals surface area contributed by atoms with Crippen molar-refractivity contribution in [2.45, 2.75) is 33.1 Å². The van der Waals surface area contributed by atoms with E-state index in [4.69, 9.17) is 0 Å². The first-order chi connectivity index (χ1) is 5.20. The van der Waals surface area contributed by atoms with Crippen LogP contribution in [0.4, 0.5) is 0 Å². The van der Waals surface area contributed by atoms with Crippen LogP contribution in [0.2, 0.25) is 0 Å². The van der Waals surface area contributed by atoms with Gasteiger partial charge in [-0.1, -0.05) is 20.3 Å². The lowest BCUT2D eigenvalue weighted by Gasteiger charge is -2.13. The lowest BCUT2D eigenvalue weighted by molar-refractivity contribution is -0.119. The molecule has 2 nitrogen and oxygen atoms in total. The van der Waals surface area contributed by atoms with E-state index in [9.17, 15) is 4.79 Å². The highest BCUT2D eigenvalue weighted by atomic mass is 16.1. The third kappa shape index (κ3) is 6.05. The first-order valence-corrected chi connectivity index (χ1v) is 4.41. The number of ketones is 1. The zero-order valence-corrected chi connectivity index (χ0v) is 7.89. The highest BCUT2D eigenvalue weighted by Gasteiger charge is 2.02. The Hall–Kier alpha value is -0.370. The summed E-state index contributed by atoms with van der Waals surface area (Å²) in [5.41, 5.74) is 0. The van der Waals surface area contributed by atoms with Crippen molar-refractivity contribution >= 4 is 5.78 Å². The third-order valence-corrected chi connectivity index (χ3v) is 1.73.